The molecule has 10 nitrogen and oxygen atoms in total. The SMILES string of the molecule is CC(=O)c1ccc(NC(=O)O[C@H](c2cccc(OCCO)c2)[C@@H](/C=C/C(=O)Nc2ccccc2N)Oc2ccccc2)cc1. The molecule has 0 aromatic heterocycles. The van der Waals surface area contributed by atoms with E-state index < -0.39 is 24.2 Å². The first-order chi connectivity index (χ1) is 21.3. The molecule has 4 aromatic rings. The summed E-state index contributed by atoms with van der Waals surface area (Å²) in [6.45, 7) is 1.34. The van der Waals surface area contributed by atoms with Crippen molar-refractivity contribution in [1.82, 2.24) is 0 Å². The van der Waals surface area contributed by atoms with E-state index in [0.717, 1.165) is 0 Å². The van der Waals surface area contributed by atoms with Crippen molar-refractivity contribution in [2.24, 2.45) is 0 Å². The van der Waals surface area contributed by atoms with Crippen molar-refractivity contribution in [1.29, 1.82) is 0 Å². The number of hydrogen-bond donors (Lipinski definition) is 4. The molecule has 0 aliphatic carbocycles. The first-order valence-corrected chi connectivity index (χ1v) is 13.8. The van der Waals surface area contributed by atoms with Crippen molar-refractivity contribution >= 4 is 34.8 Å². The van der Waals surface area contributed by atoms with E-state index in [2.05, 4.69) is 10.6 Å². The van der Waals surface area contributed by atoms with Crippen LogP contribution in [0.15, 0.2) is 115 Å². The Labute approximate surface area is 255 Å². The number of Topliss-reactive ketones (excluding diaryl/α,β-unsaturated/α-hetero) is 1. The molecule has 0 saturated heterocycles. The van der Waals surface area contributed by atoms with Gasteiger partial charge in [-0.3, -0.25) is 14.9 Å². The Bertz CT molecular complexity index is 1590. The first-order valence-electron chi connectivity index (χ1n) is 13.8. The van der Waals surface area contributed by atoms with Crippen LogP contribution in [0.3, 0.4) is 0 Å². The number of carbonyl (C=O) groups is 3. The number of ether oxygens (including phenoxy) is 3. The maximum absolute atomic E-state index is 13.2. The molecule has 2 amide bonds. The third kappa shape index (κ3) is 9.20. The third-order valence-corrected chi connectivity index (χ3v) is 6.29. The fraction of sp³-hybridized carbons (Fsp3) is 0.147. The number of rotatable bonds is 13. The summed E-state index contributed by atoms with van der Waals surface area (Å²) in [6.07, 6.45) is -0.0993. The fourth-order valence-electron chi connectivity index (χ4n) is 4.15. The molecule has 5 N–H and O–H groups in total. The number of hydrogen-bond acceptors (Lipinski definition) is 8. The number of ketones is 1. The number of aliphatic hydroxyl groups is 1. The van der Waals surface area contributed by atoms with E-state index in [9.17, 15) is 19.5 Å². The number of aliphatic hydroxyl groups excluding tert-OH is 1. The number of para-hydroxylation sites is 3. The van der Waals surface area contributed by atoms with Crippen LogP contribution in [0.25, 0.3) is 0 Å². The lowest BCUT2D eigenvalue weighted by atomic mass is 10.0. The van der Waals surface area contributed by atoms with Gasteiger partial charge in [0.1, 0.15) is 18.1 Å². The van der Waals surface area contributed by atoms with Crippen LogP contribution in [0, 0.1) is 0 Å². The van der Waals surface area contributed by atoms with E-state index in [1.165, 1.54) is 19.1 Å². The van der Waals surface area contributed by atoms with Crippen molar-refractivity contribution in [3.05, 3.63) is 126 Å². The summed E-state index contributed by atoms with van der Waals surface area (Å²) < 4.78 is 17.8. The summed E-state index contributed by atoms with van der Waals surface area (Å²) in [5.41, 5.74) is 8.23. The zero-order valence-electron chi connectivity index (χ0n) is 24.0. The molecule has 2 atom stereocenters. The van der Waals surface area contributed by atoms with Gasteiger partial charge in [-0.25, -0.2) is 4.79 Å². The molecule has 4 rings (SSSR count). The van der Waals surface area contributed by atoms with Crippen LogP contribution in [0.4, 0.5) is 21.9 Å². The lowest BCUT2D eigenvalue weighted by molar-refractivity contribution is -0.112. The van der Waals surface area contributed by atoms with Crippen LogP contribution in [0.1, 0.15) is 28.9 Å². The summed E-state index contributed by atoms with van der Waals surface area (Å²) >= 11 is 0. The molecule has 0 spiro atoms. The minimum absolute atomic E-state index is 0.0678. The van der Waals surface area contributed by atoms with Gasteiger partial charge in [-0.15, -0.1) is 0 Å². The number of anilines is 3. The molecule has 0 radical (unpaired) electrons. The molecule has 0 aliphatic heterocycles. The molecule has 0 aliphatic rings. The number of nitrogen functional groups attached to an aromatic ring is 1. The molecule has 0 bridgehead atoms. The Morgan fingerprint density at radius 2 is 1.57 bits per heavy atom. The van der Waals surface area contributed by atoms with Gasteiger partial charge in [-0.05, 0) is 73.7 Å². The van der Waals surface area contributed by atoms with E-state index in [0.29, 0.717) is 39.7 Å². The zero-order valence-corrected chi connectivity index (χ0v) is 24.0. The molecule has 226 valence electrons. The monoisotopic (exact) mass is 595 g/mol. The van der Waals surface area contributed by atoms with Gasteiger partial charge in [0.15, 0.2) is 18.0 Å². The molecule has 44 heavy (non-hydrogen) atoms. The van der Waals surface area contributed by atoms with Gasteiger partial charge >= 0.3 is 6.09 Å². The van der Waals surface area contributed by atoms with Crippen molar-refractivity contribution in [3.8, 4) is 11.5 Å². The van der Waals surface area contributed by atoms with Gasteiger partial charge in [-0.2, -0.15) is 0 Å². The Kier molecular flexibility index (Phi) is 11.1. The van der Waals surface area contributed by atoms with Crippen molar-refractivity contribution in [2.45, 2.75) is 19.1 Å². The lowest BCUT2D eigenvalue weighted by Gasteiger charge is -2.26. The van der Waals surface area contributed by atoms with Crippen molar-refractivity contribution < 1.29 is 33.7 Å². The largest absolute Gasteiger partial charge is 0.491 e. The van der Waals surface area contributed by atoms with E-state index in [4.69, 9.17) is 19.9 Å². The minimum Gasteiger partial charge on any atom is -0.491 e. The maximum atomic E-state index is 13.2. The van der Waals surface area contributed by atoms with E-state index in [1.807, 2.05) is 6.07 Å². The minimum atomic E-state index is -1.07. The van der Waals surface area contributed by atoms with E-state index >= 15 is 0 Å². The van der Waals surface area contributed by atoms with Gasteiger partial charge in [0.2, 0.25) is 5.91 Å². The van der Waals surface area contributed by atoms with Gasteiger partial charge in [0, 0.05) is 22.9 Å². The highest BCUT2D eigenvalue weighted by Gasteiger charge is 2.28. The maximum Gasteiger partial charge on any atom is 0.412 e. The Morgan fingerprint density at radius 1 is 0.864 bits per heavy atom. The average Bonchev–Trinajstić information content (AvgIpc) is 3.03. The zero-order chi connectivity index (χ0) is 31.3. The number of carbonyl (C=O) groups excluding carboxylic acids is 3. The molecule has 4 aromatic carbocycles. The Morgan fingerprint density at radius 3 is 2.27 bits per heavy atom. The molecular formula is C34H33N3O7. The second-order valence-corrected chi connectivity index (χ2v) is 9.56. The summed E-state index contributed by atoms with van der Waals surface area (Å²) in [5, 5.41) is 14.6. The molecule has 0 unspecified atom stereocenters. The molecular weight excluding hydrogens is 562 g/mol. The van der Waals surface area contributed by atoms with Crippen LogP contribution in [-0.4, -0.2) is 42.2 Å². The molecule has 0 fully saturated rings. The normalized spacial score (nSPS) is 12.1. The van der Waals surface area contributed by atoms with Crippen molar-refractivity contribution in [2.75, 3.05) is 29.6 Å². The van der Waals surface area contributed by atoms with Gasteiger partial charge in [0.25, 0.3) is 0 Å². The summed E-state index contributed by atoms with van der Waals surface area (Å²) in [5.74, 6) is 0.328. The molecule has 0 saturated carbocycles. The van der Waals surface area contributed by atoms with Crippen LogP contribution >= 0.6 is 0 Å². The fourth-order valence-corrected chi connectivity index (χ4v) is 4.15. The molecule has 0 heterocycles. The van der Waals surface area contributed by atoms with E-state index in [1.54, 1.807) is 97.1 Å². The number of nitrogens with one attached hydrogen (secondary N) is 2. The first kappa shape index (κ1) is 31.3. The topological polar surface area (TPSA) is 149 Å². The van der Waals surface area contributed by atoms with Crippen LogP contribution in [-0.2, 0) is 9.53 Å². The van der Waals surface area contributed by atoms with Gasteiger partial charge < -0.3 is 30.4 Å². The second-order valence-electron chi connectivity index (χ2n) is 9.56. The Hall–Kier alpha value is -5.61. The Balaban J connectivity index is 1.65. The van der Waals surface area contributed by atoms with Gasteiger partial charge in [0.05, 0.1) is 18.0 Å². The summed E-state index contributed by atoms with van der Waals surface area (Å²) in [6, 6.07) is 28.9. The molecule has 10 heteroatoms. The van der Waals surface area contributed by atoms with Crippen molar-refractivity contribution in [3.63, 3.8) is 0 Å². The predicted molar refractivity (Wildman–Crippen MR) is 168 cm³/mol. The summed E-state index contributed by atoms with van der Waals surface area (Å²) in [4.78, 5) is 37.7. The standard InChI is InChI=1S/C34H33N3O7/c1-23(39)24-14-16-26(17-15-24)36-34(41)44-33(25-8-7-11-28(22-25)42-21-20-38)31(43-27-9-3-2-4-10-27)18-19-32(40)37-30-13-6-5-12-29(30)35/h2-19,22,31,33,38H,20-21,35H2,1H3,(H,36,41)(H,37,40)/b19-18+/t31-,33-/m1/s1. The predicted octanol–water partition coefficient (Wildman–Crippen LogP) is 5.77. The van der Waals surface area contributed by atoms with Crippen LogP contribution < -0.4 is 25.8 Å². The number of nitrogens with two attached hydrogens (primary N) is 1. The quantitative estimate of drug-likeness (QED) is 0.0864. The number of benzene rings is 4. The highest BCUT2D eigenvalue weighted by atomic mass is 16.6. The second kappa shape index (κ2) is 15.6. The average molecular weight is 596 g/mol. The highest BCUT2D eigenvalue weighted by molar-refractivity contribution is 6.01. The van der Waals surface area contributed by atoms with Crippen LogP contribution in [0.2, 0.25) is 0 Å². The van der Waals surface area contributed by atoms with Gasteiger partial charge in [-0.1, -0.05) is 42.5 Å². The smallest absolute Gasteiger partial charge is 0.412 e. The number of amides is 2. The van der Waals surface area contributed by atoms with Crippen LogP contribution in [0.5, 0.6) is 11.5 Å². The van der Waals surface area contributed by atoms with E-state index in [-0.39, 0.29) is 19.0 Å². The summed E-state index contributed by atoms with van der Waals surface area (Å²) in [7, 11) is 0. The third-order valence-electron chi connectivity index (χ3n) is 6.29. The lowest BCUT2D eigenvalue weighted by Crippen LogP contribution is -2.30. The highest BCUT2D eigenvalue weighted by Crippen LogP contribution is 2.30.